The molecule has 0 spiro atoms. The van der Waals surface area contributed by atoms with Crippen molar-refractivity contribution < 1.29 is 9.13 Å². The summed E-state index contributed by atoms with van der Waals surface area (Å²) in [5, 5.41) is 0. The molecule has 2 aromatic rings. The average molecular weight is 226 g/mol. The third kappa shape index (κ3) is 1.82. The smallest absolute Gasteiger partial charge is 0.145 e. The molecule has 2 heteroatoms. The summed E-state index contributed by atoms with van der Waals surface area (Å²) >= 11 is 0. The van der Waals surface area contributed by atoms with Crippen molar-refractivity contribution in [1.29, 1.82) is 0 Å². The fraction of sp³-hybridized carbons (Fsp3) is 0.0667. The van der Waals surface area contributed by atoms with Gasteiger partial charge in [0.1, 0.15) is 17.7 Å². The van der Waals surface area contributed by atoms with Crippen molar-refractivity contribution in [2.75, 3.05) is 0 Å². The van der Waals surface area contributed by atoms with E-state index in [0.717, 1.165) is 11.3 Å². The highest BCUT2D eigenvalue weighted by Gasteiger charge is 2.18. The van der Waals surface area contributed by atoms with Crippen molar-refractivity contribution in [3.05, 3.63) is 71.6 Å². The molecule has 2 aromatic carbocycles. The summed E-state index contributed by atoms with van der Waals surface area (Å²) in [7, 11) is 0. The van der Waals surface area contributed by atoms with Crippen LogP contribution in [0.4, 0.5) is 4.39 Å². The van der Waals surface area contributed by atoms with Crippen LogP contribution in [0.2, 0.25) is 0 Å². The van der Waals surface area contributed by atoms with E-state index in [2.05, 4.69) is 0 Å². The molecule has 0 bridgehead atoms. The van der Waals surface area contributed by atoms with Crippen molar-refractivity contribution in [2.45, 2.75) is 6.10 Å². The number of para-hydroxylation sites is 1. The maximum atomic E-state index is 13.6. The highest BCUT2D eigenvalue weighted by molar-refractivity contribution is 5.60. The van der Waals surface area contributed by atoms with Crippen LogP contribution < -0.4 is 4.74 Å². The summed E-state index contributed by atoms with van der Waals surface area (Å²) in [6.07, 6.45) is 3.50. The summed E-state index contributed by atoms with van der Waals surface area (Å²) in [4.78, 5) is 0. The molecule has 0 radical (unpaired) electrons. The molecule has 1 nitrogen and oxygen atoms in total. The van der Waals surface area contributed by atoms with Gasteiger partial charge in [0.05, 0.1) is 0 Å². The van der Waals surface area contributed by atoms with Crippen LogP contribution in [-0.2, 0) is 0 Å². The number of benzene rings is 2. The first-order chi connectivity index (χ1) is 8.34. The minimum absolute atomic E-state index is 0.235. The molecular weight excluding hydrogens is 215 g/mol. The van der Waals surface area contributed by atoms with Crippen molar-refractivity contribution in [2.24, 2.45) is 0 Å². The minimum atomic E-state index is -0.342. The second-order valence-electron chi connectivity index (χ2n) is 3.96. The van der Waals surface area contributed by atoms with Gasteiger partial charge in [-0.1, -0.05) is 42.5 Å². The molecular formula is C15H11FO. The number of rotatable bonds is 1. The highest BCUT2D eigenvalue weighted by atomic mass is 19.1. The van der Waals surface area contributed by atoms with Gasteiger partial charge in [-0.05, 0) is 18.2 Å². The van der Waals surface area contributed by atoms with Gasteiger partial charge in [0, 0.05) is 11.1 Å². The van der Waals surface area contributed by atoms with Crippen LogP contribution in [0, 0.1) is 5.82 Å². The Morgan fingerprint density at radius 1 is 0.941 bits per heavy atom. The van der Waals surface area contributed by atoms with Crippen LogP contribution in [0.25, 0.3) is 6.08 Å². The minimum Gasteiger partial charge on any atom is -0.481 e. The number of fused-ring (bicyclic) bond motifs is 1. The molecule has 1 unspecified atom stereocenters. The lowest BCUT2D eigenvalue weighted by Crippen LogP contribution is -2.10. The fourth-order valence-corrected chi connectivity index (χ4v) is 1.97. The summed E-state index contributed by atoms with van der Waals surface area (Å²) in [6.45, 7) is 0. The summed E-state index contributed by atoms with van der Waals surface area (Å²) in [5.74, 6) is 0.560. The number of halogens is 1. The topological polar surface area (TPSA) is 9.23 Å². The van der Waals surface area contributed by atoms with Gasteiger partial charge in [-0.3, -0.25) is 0 Å². The molecule has 1 aliphatic rings. The van der Waals surface area contributed by atoms with Crippen LogP contribution in [0.3, 0.4) is 0 Å². The second-order valence-corrected chi connectivity index (χ2v) is 3.96. The Morgan fingerprint density at radius 3 is 2.59 bits per heavy atom. The summed E-state index contributed by atoms with van der Waals surface area (Å²) in [6, 6.07) is 14.4. The molecule has 0 amide bonds. The van der Waals surface area contributed by atoms with Gasteiger partial charge in [-0.25, -0.2) is 4.39 Å². The molecule has 0 aliphatic carbocycles. The van der Waals surface area contributed by atoms with E-state index in [4.69, 9.17) is 4.74 Å². The van der Waals surface area contributed by atoms with Gasteiger partial charge in [0.25, 0.3) is 0 Å². The molecule has 0 N–H and O–H groups in total. The van der Waals surface area contributed by atoms with E-state index in [-0.39, 0.29) is 11.9 Å². The SMILES string of the molecule is Fc1ccccc1C1C=Cc2ccccc2O1. The zero-order valence-electron chi connectivity index (χ0n) is 9.14. The van der Waals surface area contributed by atoms with Gasteiger partial charge in [-0.2, -0.15) is 0 Å². The van der Waals surface area contributed by atoms with E-state index in [9.17, 15) is 4.39 Å². The fourth-order valence-electron chi connectivity index (χ4n) is 1.97. The first-order valence-corrected chi connectivity index (χ1v) is 5.53. The van der Waals surface area contributed by atoms with Crippen LogP contribution in [0.15, 0.2) is 54.6 Å². The predicted molar refractivity (Wildman–Crippen MR) is 65.2 cm³/mol. The molecule has 0 saturated heterocycles. The molecule has 1 atom stereocenters. The lowest BCUT2D eigenvalue weighted by atomic mass is 10.0. The Labute approximate surface area is 99.2 Å². The first kappa shape index (κ1) is 10.1. The molecule has 1 aliphatic heterocycles. The molecule has 1 heterocycles. The molecule has 0 fully saturated rings. The highest BCUT2D eigenvalue weighted by Crippen LogP contribution is 2.32. The Morgan fingerprint density at radius 2 is 1.71 bits per heavy atom. The number of hydrogen-bond acceptors (Lipinski definition) is 1. The summed E-state index contributed by atoms with van der Waals surface area (Å²) < 4.78 is 19.4. The van der Waals surface area contributed by atoms with Gasteiger partial charge in [-0.15, -0.1) is 0 Å². The summed E-state index contributed by atoms with van der Waals surface area (Å²) in [5.41, 5.74) is 1.60. The van der Waals surface area contributed by atoms with Crippen LogP contribution in [-0.4, -0.2) is 0 Å². The first-order valence-electron chi connectivity index (χ1n) is 5.53. The molecule has 0 saturated carbocycles. The van der Waals surface area contributed by atoms with Gasteiger partial charge < -0.3 is 4.74 Å². The van der Waals surface area contributed by atoms with Crippen molar-refractivity contribution >= 4 is 6.08 Å². The van der Waals surface area contributed by atoms with E-state index in [1.54, 1.807) is 12.1 Å². The van der Waals surface area contributed by atoms with E-state index < -0.39 is 0 Å². The Bertz CT molecular complexity index is 575. The standard InChI is InChI=1S/C15H11FO/c16-13-7-3-2-6-12(13)15-10-9-11-5-1-4-8-14(11)17-15/h1-10,15H. The second kappa shape index (κ2) is 4.06. The Kier molecular flexibility index (Phi) is 2.41. The van der Waals surface area contributed by atoms with E-state index in [1.165, 1.54) is 6.07 Å². The third-order valence-electron chi connectivity index (χ3n) is 2.84. The normalized spacial score (nSPS) is 17.4. The Balaban J connectivity index is 1.98. The lowest BCUT2D eigenvalue weighted by molar-refractivity contribution is 0.246. The monoisotopic (exact) mass is 226 g/mol. The average Bonchev–Trinajstić information content (AvgIpc) is 2.39. The number of hydrogen-bond donors (Lipinski definition) is 0. The molecule has 3 rings (SSSR count). The number of ether oxygens (including phenoxy) is 1. The Hall–Kier alpha value is -2.09. The zero-order chi connectivity index (χ0) is 11.7. The van der Waals surface area contributed by atoms with Crippen molar-refractivity contribution in [3.63, 3.8) is 0 Å². The maximum absolute atomic E-state index is 13.6. The largest absolute Gasteiger partial charge is 0.481 e. The molecule has 84 valence electrons. The molecule has 0 aromatic heterocycles. The van der Waals surface area contributed by atoms with Crippen LogP contribution in [0.1, 0.15) is 17.2 Å². The third-order valence-corrected chi connectivity index (χ3v) is 2.84. The predicted octanol–water partition coefficient (Wildman–Crippen LogP) is 3.97. The van der Waals surface area contributed by atoms with Crippen molar-refractivity contribution in [1.82, 2.24) is 0 Å². The van der Waals surface area contributed by atoms with Gasteiger partial charge >= 0.3 is 0 Å². The van der Waals surface area contributed by atoms with Crippen molar-refractivity contribution in [3.8, 4) is 5.75 Å². The van der Waals surface area contributed by atoms with Gasteiger partial charge in [0.2, 0.25) is 0 Å². The van der Waals surface area contributed by atoms with E-state index in [0.29, 0.717) is 5.56 Å². The molecule has 17 heavy (non-hydrogen) atoms. The maximum Gasteiger partial charge on any atom is 0.145 e. The van der Waals surface area contributed by atoms with E-state index >= 15 is 0 Å². The lowest BCUT2D eigenvalue weighted by Gasteiger charge is -2.21. The van der Waals surface area contributed by atoms with E-state index in [1.807, 2.05) is 42.5 Å². The quantitative estimate of drug-likeness (QED) is 0.714. The van der Waals surface area contributed by atoms with Crippen LogP contribution >= 0.6 is 0 Å². The van der Waals surface area contributed by atoms with Crippen LogP contribution in [0.5, 0.6) is 5.75 Å². The van der Waals surface area contributed by atoms with Gasteiger partial charge in [0.15, 0.2) is 0 Å². The zero-order valence-corrected chi connectivity index (χ0v) is 9.14.